The molecule has 21 heavy (non-hydrogen) atoms. The molecule has 6 heteroatoms. The van der Waals surface area contributed by atoms with Crippen LogP contribution in [0.2, 0.25) is 0 Å². The molecule has 1 unspecified atom stereocenters. The lowest BCUT2D eigenvalue weighted by atomic mass is 10.0. The summed E-state index contributed by atoms with van der Waals surface area (Å²) >= 11 is 0. The van der Waals surface area contributed by atoms with Crippen molar-refractivity contribution in [3.05, 3.63) is 29.8 Å². The van der Waals surface area contributed by atoms with Crippen LogP contribution in [0.4, 0.5) is 0 Å². The van der Waals surface area contributed by atoms with Crippen molar-refractivity contribution < 1.29 is 13.5 Å². The Morgan fingerprint density at radius 3 is 2.62 bits per heavy atom. The Morgan fingerprint density at radius 2 is 2.00 bits per heavy atom. The highest BCUT2D eigenvalue weighted by atomic mass is 32.2. The minimum atomic E-state index is -3.46. The second-order valence-electron chi connectivity index (χ2n) is 5.45. The molecule has 0 amide bonds. The van der Waals surface area contributed by atoms with Gasteiger partial charge in [-0.2, -0.15) is 4.31 Å². The second-order valence-corrected chi connectivity index (χ2v) is 7.34. The number of hydrogen-bond acceptors (Lipinski definition) is 4. The first-order chi connectivity index (χ1) is 10.1. The van der Waals surface area contributed by atoms with Crippen LogP contribution in [-0.4, -0.2) is 44.1 Å². The lowest BCUT2D eigenvalue weighted by molar-refractivity contribution is 0.192. The fourth-order valence-electron chi connectivity index (χ4n) is 2.85. The summed E-state index contributed by atoms with van der Waals surface area (Å²) in [6.07, 6.45) is 3.26. The first-order valence-corrected chi connectivity index (χ1v) is 8.90. The minimum absolute atomic E-state index is 0.0256. The number of sulfonamides is 1. The molecule has 1 aliphatic heterocycles. The Labute approximate surface area is 127 Å². The van der Waals surface area contributed by atoms with Gasteiger partial charge < -0.3 is 10.4 Å². The molecule has 1 aromatic carbocycles. The lowest BCUT2D eigenvalue weighted by Crippen LogP contribution is -2.44. The van der Waals surface area contributed by atoms with Gasteiger partial charge in [0.1, 0.15) is 0 Å². The average Bonchev–Trinajstić information content (AvgIpc) is 2.49. The summed E-state index contributed by atoms with van der Waals surface area (Å²) in [5.74, 6) is 0. The van der Waals surface area contributed by atoms with Gasteiger partial charge >= 0.3 is 0 Å². The van der Waals surface area contributed by atoms with Crippen molar-refractivity contribution in [1.82, 2.24) is 9.62 Å². The molecule has 1 aromatic rings. The third kappa shape index (κ3) is 3.83. The lowest BCUT2D eigenvalue weighted by Gasteiger charge is -2.34. The third-order valence-corrected chi connectivity index (χ3v) is 5.91. The van der Waals surface area contributed by atoms with Crippen LogP contribution in [0.5, 0.6) is 0 Å². The standard InChI is InChI=1S/C15H24N2O3S/c1-16-12-13-5-7-15(8-6-13)21(19,20)17-10-3-2-4-14(17)9-11-18/h5-8,14,16,18H,2-4,9-12H2,1H3. The number of nitrogens with zero attached hydrogens (tertiary/aromatic N) is 1. The number of piperidine rings is 1. The highest BCUT2D eigenvalue weighted by Crippen LogP contribution is 2.27. The molecule has 2 N–H and O–H groups in total. The molecule has 1 fully saturated rings. The van der Waals surface area contributed by atoms with E-state index in [0.717, 1.165) is 31.4 Å². The molecule has 1 aliphatic rings. The van der Waals surface area contributed by atoms with Crippen molar-refractivity contribution in [3.8, 4) is 0 Å². The fourth-order valence-corrected chi connectivity index (χ4v) is 4.57. The molecule has 1 heterocycles. The van der Waals surface area contributed by atoms with Crippen LogP contribution < -0.4 is 5.32 Å². The summed E-state index contributed by atoms with van der Waals surface area (Å²) < 4.78 is 27.1. The van der Waals surface area contributed by atoms with E-state index in [9.17, 15) is 8.42 Å². The van der Waals surface area contributed by atoms with Gasteiger partial charge in [0, 0.05) is 25.7 Å². The topological polar surface area (TPSA) is 69.6 Å². The van der Waals surface area contributed by atoms with E-state index in [1.807, 2.05) is 19.2 Å². The van der Waals surface area contributed by atoms with E-state index in [0.29, 0.717) is 17.9 Å². The first-order valence-electron chi connectivity index (χ1n) is 7.46. The molecule has 1 saturated heterocycles. The Bertz CT molecular complexity index is 541. The van der Waals surface area contributed by atoms with E-state index in [1.54, 1.807) is 16.4 Å². The van der Waals surface area contributed by atoms with Crippen LogP contribution in [-0.2, 0) is 16.6 Å². The largest absolute Gasteiger partial charge is 0.396 e. The van der Waals surface area contributed by atoms with E-state index in [4.69, 9.17) is 5.11 Å². The van der Waals surface area contributed by atoms with Crippen molar-refractivity contribution in [3.63, 3.8) is 0 Å². The highest BCUT2D eigenvalue weighted by molar-refractivity contribution is 7.89. The van der Waals surface area contributed by atoms with Gasteiger partial charge in [0.15, 0.2) is 0 Å². The minimum Gasteiger partial charge on any atom is -0.396 e. The van der Waals surface area contributed by atoms with E-state index in [2.05, 4.69) is 5.32 Å². The molecule has 1 atom stereocenters. The molecule has 0 radical (unpaired) electrons. The average molecular weight is 312 g/mol. The number of benzene rings is 1. The van der Waals surface area contributed by atoms with Crippen molar-refractivity contribution >= 4 is 10.0 Å². The zero-order valence-electron chi connectivity index (χ0n) is 12.5. The Kier molecular flexibility index (Phi) is 5.75. The SMILES string of the molecule is CNCc1ccc(S(=O)(=O)N2CCCCC2CCO)cc1. The van der Waals surface area contributed by atoms with Crippen LogP contribution in [0.1, 0.15) is 31.2 Å². The van der Waals surface area contributed by atoms with Crippen molar-refractivity contribution in [1.29, 1.82) is 0 Å². The molecule has 118 valence electrons. The molecule has 0 aromatic heterocycles. The summed E-state index contributed by atoms with van der Waals surface area (Å²) in [6, 6.07) is 6.95. The van der Waals surface area contributed by atoms with Crippen LogP contribution in [0.3, 0.4) is 0 Å². The number of hydrogen-bond donors (Lipinski definition) is 2. The van der Waals surface area contributed by atoms with E-state index in [1.165, 1.54) is 0 Å². The van der Waals surface area contributed by atoms with Gasteiger partial charge in [0.2, 0.25) is 10.0 Å². The van der Waals surface area contributed by atoms with E-state index < -0.39 is 10.0 Å². The molecule has 0 bridgehead atoms. The van der Waals surface area contributed by atoms with Crippen molar-refractivity contribution in [2.24, 2.45) is 0 Å². The summed E-state index contributed by atoms with van der Waals surface area (Å²) in [6.45, 7) is 1.29. The number of aliphatic hydroxyl groups is 1. The first kappa shape index (κ1) is 16.4. The predicted molar refractivity (Wildman–Crippen MR) is 82.4 cm³/mol. The molecule has 5 nitrogen and oxygen atoms in total. The smallest absolute Gasteiger partial charge is 0.243 e. The summed E-state index contributed by atoms with van der Waals surface area (Å²) in [5, 5.41) is 12.2. The number of nitrogens with one attached hydrogen (secondary N) is 1. The van der Waals surface area contributed by atoms with Crippen LogP contribution >= 0.6 is 0 Å². The second kappa shape index (κ2) is 7.35. The van der Waals surface area contributed by atoms with Gasteiger partial charge in [-0.05, 0) is 44.0 Å². The van der Waals surface area contributed by atoms with Gasteiger partial charge in [-0.3, -0.25) is 0 Å². The van der Waals surface area contributed by atoms with Gasteiger partial charge in [-0.25, -0.2) is 8.42 Å². The summed E-state index contributed by atoms with van der Waals surface area (Å²) in [5.41, 5.74) is 1.06. The fraction of sp³-hybridized carbons (Fsp3) is 0.600. The molecule has 0 saturated carbocycles. The van der Waals surface area contributed by atoms with Crippen LogP contribution in [0.25, 0.3) is 0 Å². The van der Waals surface area contributed by atoms with Gasteiger partial charge in [0.25, 0.3) is 0 Å². The molecule has 0 spiro atoms. The van der Waals surface area contributed by atoms with Crippen molar-refractivity contribution in [2.75, 3.05) is 20.2 Å². The van der Waals surface area contributed by atoms with E-state index >= 15 is 0 Å². The van der Waals surface area contributed by atoms with Gasteiger partial charge in [-0.15, -0.1) is 0 Å². The number of rotatable bonds is 6. The quantitative estimate of drug-likeness (QED) is 0.831. The Balaban J connectivity index is 2.22. The monoisotopic (exact) mass is 312 g/mol. The van der Waals surface area contributed by atoms with E-state index in [-0.39, 0.29) is 12.6 Å². The molecule has 2 rings (SSSR count). The highest BCUT2D eigenvalue weighted by Gasteiger charge is 2.32. The maximum absolute atomic E-state index is 12.8. The summed E-state index contributed by atoms with van der Waals surface area (Å²) in [7, 11) is -1.60. The predicted octanol–water partition coefficient (Wildman–Crippen LogP) is 1.33. The third-order valence-electron chi connectivity index (χ3n) is 3.95. The van der Waals surface area contributed by atoms with Crippen LogP contribution in [0.15, 0.2) is 29.2 Å². The van der Waals surface area contributed by atoms with Crippen molar-refractivity contribution in [2.45, 2.75) is 43.2 Å². The molecule has 0 aliphatic carbocycles. The number of aliphatic hydroxyl groups excluding tert-OH is 1. The Hall–Kier alpha value is -0.950. The van der Waals surface area contributed by atoms with Gasteiger partial charge in [-0.1, -0.05) is 18.6 Å². The van der Waals surface area contributed by atoms with Gasteiger partial charge in [0.05, 0.1) is 4.90 Å². The van der Waals surface area contributed by atoms with Crippen LogP contribution in [0, 0.1) is 0 Å². The maximum Gasteiger partial charge on any atom is 0.243 e. The molecular weight excluding hydrogens is 288 g/mol. The Morgan fingerprint density at radius 1 is 1.29 bits per heavy atom. The maximum atomic E-state index is 12.8. The molecular formula is C15H24N2O3S. The normalized spacial score (nSPS) is 20.6. The zero-order chi connectivity index (χ0) is 15.3. The summed E-state index contributed by atoms with van der Waals surface area (Å²) in [4.78, 5) is 0.340. The zero-order valence-corrected chi connectivity index (χ0v) is 13.3.